The number of carbonyl (C=O) groups excluding carboxylic acids is 1. The van der Waals surface area contributed by atoms with Gasteiger partial charge in [0.25, 0.3) is 15.9 Å². The van der Waals surface area contributed by atoms with Crippen molar-refractivity contribution in [1.29, 1.82) is 0 Å². The second-order valence-corrected chi connectivity index (χ2v) is 11.5. The van der Waals surface area contributed by atoms with Gasteiger partial charge in [-0.15, -0.1) is 0 Å². The number of hydrogen-bond donors (Lipinski definition) is 1. The smallest absolute Gasteiger partial charge is 0.264 e. The number of sulfonamides is 1. The summed E-state index contributed by atoms with van der Waals surface area (Å²) in [6, 6.07) is 22.5. The van der Waals surface area contributed by atoms with Crippen molar-refractivity contribution in [2.75, 3.05) is 17.5 Å². The number of anilines is 1. The molecule has 0 bridgehead atoms. The monoisotopic (exact) mass is 578 g/mol. The first-order valence-corrected chi connectivity index (χ1v) is 14.5. The highest BCUT2D eigenvalue weighted by atomic mass is 35.5. The van der Waals surface area contributed by atoms with Crippen LogP contribution in [-0.2, 0) is 14.8 Å². The molecule has 0 saturated carbocycles. The molecule has 208 valence electrons. The molecular formula is C30H31ClN4O4S. The fraction of sp³-hybridized carbons (Fsp3) is 0.200. The molecule has 1 aromatic heterocycles. The van der Waals surface area contributed by atoms with E-state index >= 15 is 0 Å². The molecule has 3 aromatic carbocycles. The van der Waals surface area contributed by atoms with Gasteiger partial charge in [-0.05, 0) is 94.4 Å². The van der Waals surface area contributed by atoms with Gasteiger partial charge in [-0.25, -0.2) is 13.8 Å². The average molecular weight is 579 g/mol. The van der Waals surface area contributed by atoms with E-state index in [2.05, 4.69) is 15.1 Å². The lowest BCUT2D eigenvalue weighted by atomic mass is 10.2. The van der Waals surface area contributed by atoms with E-state index in [-0.39, 0.29) is 4.90 Å². The van der Waals surface area contributed by atoms with Crippen molar-refractivity contribution in [3.63, 3.8) is 0 Å². The van der Waals surface area contributed by atoms with Gasteiger partial charge in [-0.1, -0.05) is 29.3 Å². The van der Waals surface area contributed by atoms with Gasteiger partial charge < -0.3 is 9.30 Å². The molecule has 1 N–H and O–H groups in total. The number of nitrogens with zero attached hydrogens (tertiary/aromatic N) is 3. The Labute approximate surface area is 239 Å². The minimum atomic E-state index is -4.06. The van der Waals surface area contributed by atoms with E-state index in [0.29, 0.717) is 23.1 Å². The third-order valence-corrected chi connectivity index (χ3v) is 8.32. The third-order valence-electron chi connectivity index (χ3n) is 6.28. The highest BCUT2D eigenvalue weighted by molar-refractivity contribution is 7.92. The maximum absolute atomic E-state index is 13.6. The predicted molar refractivity (Wildman–Crippen MR) is 159 cm³/mol. The Hall–Kier alpha value is -4.08. The van der Waals surface area contributed by atoms with E-state index in [9.17, 15) is 13.2 Å². The number of aryl methyl sites for hydroxylation is 2. The minimum absolute atomic E-state index is 0.0440. The standard InChI is InChI=1S/C30H31ClN4O4S/c1-5-39-28-14-16-29(17-15-28)40(37,38)34(26-10-6-21(2)7-11-26)20-30(36)33-32-19-24-18-22(3)35(23(24)4)27-12-8-25(31)9-13-27/h6-19H,5,20H2,1-4H3,(H,33,36)/b32-19+. The SMILES string of the molecule is CCOc1ccc(S(=O)(=O)N(CC(=O)N/N=C/c2cc(C)n(-c3ccc(Cl)cc3)c2C)c2ccc(C)cc2)cc1. The normalized spacial score (nSPS) is 11.5. The van der Waals surface area contributed by atoms with Gasteiger partial charge in [0.2, 0.25) is 0 Å². The number of hydrogen-bond acceptors (Lipinski definition) is 5. The fourth-order valence-electron chi connectivity index (χ4n) is 4.27. The topological polar surface area (TPSA) is 93.0 Å². The molecule has 0 radical (unpaired) electrons. The van der Waals surface area contributed by atoms with Crippen molar-refractivity contribution in [3.05, 3.63) is 106 Å². The molecule has 0 aliphatic heterocycles. The zero-order chi connectivity index (χ0) is 28.9. The van der Waals surface area contributed by atoms with Crippen LogP contribution in [0.1, 0.15) is 29.4 Å². The number of carbonyl (C=O) groups is 1. The Balaban J connectivity index is 1.54. The molecule has 0 spiro atoms. The van der Waals surface area contributed by atoms with Crippen molar-refractivity contribution in [1.82, 2.24) is 9.99 Å². The van der Waals surface area contributed by atoms with Crippen molar-refractivity contribution in [2.45, 2.75) is 32.6 Å². The zero-order valence-corrected chi connectivity index (χ0v) is 24.3. The lowest BCUT2D eigenvalue weighted by Crippen LogP contribution is -2.39. The maximum Gasteiger partial charge on any atom is 0.264 e. The van der Waals surface area contributed by atoms with Gasteiger partial charge in [0.15, 0.2) is 0 Å². The molecule has 40 heavy (non-hydrogen) atoms. The molecule has 4 rings (SSSR count). The lowest BCUT2D eigenvalue weighted by molar-refractivity contribution is -0.119. The lowest BCUT2D eigenvalue weighted by Gasteiger charge is -2.24. The summed E-state index contributed by atoms with van der Waals surface area (Å²) >= 11 is 6.03. The summed E-state index contributed by atoms with van der Waals surface area (Å²) in [5.41, 5.74) is 7.48. The second-order valence-electron chi connectivity index (χ2n) is 9.18. The number of halogens is 1. The number of benzene rings is 3. The summed E-state index contributed by atoms with van der Waals surface area (Å²) in [6.45, 7) is 7.69. The Morgan fingerprint density at radius 2 is 1.65 bits per heavy atom. The molecule has 0 aliphatic rings. The third kappa shape index (κ3) is 6.55. The largest absolute Gasteiger partial charge is 0.494 e. The Kier molecular flexibility index (Phi) is 8.96. The Bertz CT molecular complexity index is 1610. The van der Waals surface area contributed by atoms with Crippen LogP contribution in [0.25, 0.3) is 5.69 Å². The van der Waals surface area contributed by atoms with Crippen LogP contribution in [0.4, 0.5) is 5.69 Å². The van der Waals surface area contributed by atoms with Gasteiger partial charge in [-0.2, -0.15) is 5.10 Å². The first-order valence-electron chi connectivity index (χ1n) is 12.7. The number of nitrogens with one attached hydrogen (secondary N) is 1. The highest BCUT2D eigenvalue weighted by Crippen LogP contribution is 2.26. The van der Waals surface area contributed by atoms with E-state index in [0.717, 1.165) is 32.5 Å². The molecule has 8 nitrogen and oxygen atoms in total. The Morgan fingerprint density at radius 1 is 1.00 bits per heavy atom. The molecule has 0 aliphatic carbocycles. The molecule has 1 heterocycles. The van der Waals surface area contributed by atoms with Gasteiger partial charge in [-0.3, -0.25) is 9.10 Å². The molecular weight excluding hydrogens is 548 g/mol. The van der Waals surface area contributed by atoms with Crippen LogP contribution in [0, 0.1) is 20.8 Å². The molecule has 10 heteroatoms. The summed E-state index contributed by atoms with van der Waals surface area (Å²) in [6.07, 6.45) is 1.55. The number of ether oxygens (including phenoxy) is 1. The molecule has 1 amide bonds. The van der Waals surface area contributed by atoms with E-state index in [1.54, 1.807) is 42.6 Å². The Morgan fingerprint density at radius 3 is 2.27 bits per heavy atom. The van der Waals surface area contributed by atoms with E-state index in [1.165, 1.54) is 12.1 Å². The predicted octanol–water partition coefficient (Wildman–Crippen LogP) is 5.80. The first kappa shape index (κ1) is 28.9. The van der Waals surface area contributed by atoms with Gasteiger partial charge in [0.05, 0.1) is 23.4 Å². The van der Waals surface area contributed by atoms with Crippen LogP contribution in [-0.4, -0.2) is 38.3 Å². The van der Waals surface area contributed by atoms with Gasteiger partial charge in [0.1, 0.15) is 12.3 Å². The number of aromatic nitrogens is 1. The molecule has 0 saturated heterocycles. The average Bonchev–Trinajstić information content (AvgIpc) is 3.21. The number of rotatable bonds is 10. The second kappa shape index (κ2) is 12.4. The van der Waals surface area contributed by atoms with Crippen molar-refractivity contribution in [2.24, 2.45) is 5.10 Å². The van der Waals surface area contributed by atoms with Crippen molar-refractivity contribution in [3.8, 4) is 11.4 Å². The summed E-state index contributed by atoms with van der Waals surface area (Å²) in [5, 5.41) is 4.77. The minimum Gasteiger partial charge on any atom is -0.494 e. The maximum atomic E-state index is 13.6. The van der Waals surface area contributed by atoms with E-state index in [4.69, 9.17) is 16.3 Å². The van der Waals surface area contributed by atoms with Crippen LogP contribution in [0.5, 0.6) is 5.75 Å². The summed E-state index contributed by atoms with van der Waals surface area (Å²) in [7, 11) is -4.06. The zero-order valence-electron chi connectivity index (χ0n) is 22.8. The fourth-order valence-corrected chi connectivity index (χ4v) is 5.82. The quantitative estimate of drug-likeness (QED) is 0.190. The van der Waals surface area contributed by atoms with Crippen LogP contribution < -0.4 is 14.5 Å². The first-order chi connectivity index (χ1) is 19.1. The molecule has 0 fully saturated rings. The molecule has 0 atom stereocenters. The van der Waals surface area contributed by atoms with Crippen LogP contribution in [0.3, 0.4) is 0 Å². The summed E-state index contributed by atoms with van der Waals surface area (Å²) in [4.78, 5) is 13.0. The van der Waals surface area contributed by atoms with Crippen LogP contribution in [0.2, 0.25) is 5.02 Å². The van der Waals surface area contributed by atoms with Crippen molar-refractivity contribution >= 4 is 39.4 Å². The summed E-state index contributed by atoms with van der Waals surface area (Å²) < 4.78 is 35.8. The van der Waals surface area contributed by atoms with Crippen LogP contribution >= 0.6 is 11.6 Å². The molecule has 4 aromatic rings. The number of amides is 1. The summed E-state index contributed by atoms with van der Waals surface area (Å²) in [5.74, 6) is -0.0244. The van der Waals surface area contributed by atoms with E-state index in [1.807, 2.05) is 58.0 Å². The van der Waals surface area contributed by atoms with Gasteiger partial charge >= 0.3 is 0 Å². The molecule has 0 unspecified atom stereocenters. The van der Waals surface area contributed by atoms with Crippen LogP contribution in [0.15, 0.2) is 88.9 Å². The van der Waals surface area contributed by atoms with Crippen molar-refractivity contribution < 1.29 is 17.9 Å². The van der Waals surface area contributed by atoms with E-state index < -0.39 is 22.5 Å². The van der Waals surface area contributed by atoms with Gasteiger partial charge in [0, 0.05) is 27.7 Å². The highest BCUT2D eigenvalue weighted by Gasteiger charge is 2.27. The number of hydrazone groups is 1.